The summed E-state index contributed by atoms with van der Waals surface area (Å²) in [5.74, 6) is -1.03. The van der Waals surface area contributed by atoms with Crippen LogP contribution in [-0.2, 0) is 5.41 Å². The highest BCUT2D eigenvalue weighted by Crippen LogP contribution is 2.69. The lowest BCUT2D eigenvalue weighted by Gasteiger charge is -2.37. The van der Waals surface area contributed by atoms with Gasteiger partial charge in [0, 0.05) is 12.1 Å². The Morgan fingerprint density at radius 1 is 1.11 bits per heavy atom. The molecule has 1 aromatic carbocycles. The van der Waals surface area contributed by atoms with Gasteiger partial charge in [-0.05, 0) is 47.9 Å². The summed E-state index contributed by atoms with van der Waals surface area (Å²) in [7, 11) is 0. The molecular formula is C27H25F2N5O2. The molecule has 0 radical (unpaired) electrons. The van der Waals surface area contributed by atoms with E-state index in [-0.39, 0.29) is 35.1 Å². The fraction of sp³-hybridized carbons (Fsp3) is 0.370. The van der Waals surface area contributed by atoms with Gasteiger partial charge in [-0.3, -0.25) is 4.98 Å². The highest BCUT2D eigenvalue weighted by atomic mass is 19.1. The van der Waals surface area contributed by atoms with Crippen LogP contribution in [0.2, 0.25) is 0 Å². The number of hydrogen-bond acceptors (Lipinski definition) is 7. The lowest BCUT2D eigenvalue weighted by atomic mass is 9.66. The summed E-state index contributed by atoms with van der Waals surface area (Å²) in [6, 6.07) is 5.57. The van der Waals surface area contributed by atoms with Gasteiger partial charge in [-0.2, -0.15) is 5.10 Å². The Kier molecular flexibility index (Phi) is 5.05. The van der Waals surface area contributed by atoms with Gasteiger partial charge in [0.25, 0.3) is 0 Å². The molecule has 7 nitrogen and oxygen atoms in total. The summed E-state index contributed by atoms with van der Waals surface area (Å²) < 4.78 is 34.6. The minimum absolute atomic E-state index is 0.0371. The minimum Gasteiger partial charge on any atom is -0.443 e. The molecule has 0 aliphatic heterocycles. The van der Waals surface area contributed by atoms with Gasteiger partial charge in [-0.15, -0.1) is 5.10 Å². The number of benzene rings is 1. The summed E-state index contributed by atoms with van der Waals surface area (Å²) in [6.45, 7) is 6.18. The van der Waals surface area contributed by atoms with E-state index < -0.39 is 17.0 Å². The zero-order valence-corrected chi connectivity index (χ0v) is 20.2. The molecule has 3 aromatic heterocycles. The minimum atomic E-state index is -0.666. The smallest absolute Gasteiger partial charge is 0.246 e. The number of halogens is 2. The number of rotatable bonds is 5. The predicted octanol–water partition coefficient (Wildman–Crippen LogP) is 5.17. The molecule has 184 valence electrons. The SMILES string of the molecule is C[C@H](CO)c1coc(-c2cncc([C@@]34CC[C@@H](c5cc(-c6c(F)cccc6F)nnc53)C4(C)C)n2)n1. The first-order chi connectivity index (χ1) is 17.3. The standard InChI is InChI=1S/C27H25F2N5O2/c1-14(12-35)21-13-36-25(32-21)20-10-30-11-22(31-20)27-8-7-16(26(27,2)3)15-9-19(33-34-24(15)27)23-17(28)5-4-6-18(23)29/h4-6,9-11,13-14,16,35H,7-8,12H2,1-3H3/t14-,16+,27+/m1/s1. The Morgan fingerprint density at radius 3 is 2.64 bits per heavy atom. The molecule has 9 heteroatoms. The zero-order chi connectivity index (χ0) is 25.2. The van der Waals surface area contributed by atoms with E-state index in [1.807, 2.05) is 6.92 Å². The molecule has 3 heterocycles. The van der Waals surface area contributed by atoms with Crippen molar-refractivity contribution >= 4 is 0 Å². The van der Waals surface area contributed by atoms with Crippen LogP contribution in [-0.4, -0.2) is 36.9 Å². The molecule has 36 heavy (non-hydrogen) atoms. The van der Waals surface area contributed by atoms with Crippen molar-refractivity contribution in [2.24, 2.45) is 5.41 Å². The molecule has 1 fully saturated rings. The maximum Gasteiger partial charge on any atom is 0.246 e. The Labute approximate surface area is 206 Å². The highest BCUT2D eigenvalue weighted by Gasteiger charge is 2.65. The summed E-state index contributed by atoms with van der Waals surface area (Å²) in [6.07, 6.45) is 6.56. The molecule has 1 saturated carbocycles. The Morgan fingerprint density at radius 2 is 1.89 bits per heavy atom. The molecule has 0 amide bonds. The lowest BCUT2D eigenvalue weighted by molar-refractivity contribution is 0.242. The quantitative estimate of drug-likeness (QED) is 0.413. The molecule has 3 atom stereocenters. The number of oxazole rings is 1. The van der Waals surface area contributed by atoms with Gasteiger partial charge in [0.15, 0.2) is 0 Å². The van der Waals surface area contributed by atoms with Gasteiger partial charge in [-0.1, -0.05) is 26.8 Å². The molecule has 4 aromatic rings. The van der Waals surface area contributed by atoms with Gasteiger partial charge in [0.1, 0.15) is 23.6 Å². The Balaban J connectivity index is 1.47. The normalized spacial score (nSPS) is 22.6. The van der Waals surface area contributed by atoms with Crippen molar-refractivity contribution in [3.8, 4) is 22.8 Å². The van der Waals surface area contributed by atoms with Gasteiger partial charge >= 0.3 is 0 Å². The highest BCUT2D eigenvalue weighted by molar-refractivity contribution is 5.64. The number of aliphatic hydroxyl groups is 1. The first-order valence-corrected chi connectivity index (χ1v) is 12.0. The zero-order valence-electron chi connectivity index (χ0n) is 20.2. The summed E-state index contributed by atoms with van der Waals surface area (Å²) in [4.78, 5) is 13.9. The molecule has 2 bridgehead atoms. The van der Waals surface area contributed by atoms with Crippen LogP contribution >= 0.6 is 0 Å². The second kappa shape index (κ2) is 7.96. The third-order valence-corrected chi connectivity index (χ3v) is 8.19. The molecule has 1 N–H and O–H groups in total. The maximum absolute atomic E-state index is 14.5. The fourth-order valence-electron chi connectivity index (χ4n) is 6.16. The van der Waals surface area contributed by atoms with E-state index in [9.17, 15) is 13.9 Å². The largest absolute Gasteiger partial charge is 0.443 e. The van der Waals surface area contributed by atoms with E-state index in [0.29, 0.717) is 17.3 Å². The molecule has 2 aliphatic carbocycles. The monoisotopic (exact) mass is 489 g/mol. The van der Waals surface area contributed by atoms with E-state index in [0.717, 1.165) is 29.8 Å². The summed E-state index contributed by atoms with van der Waals surface area (Å²) in [5.41, 5.74) is 2.77. The number of aromatic nitrogens is 5. The second-order valence-corrected chi connectivity index (χ2v) is 10.3. The molecular weight excluding hydrogens is 464 g/mol. The van der Waals surface area contributed by atoms with E-state index in [4.69, 9.17) is 9.40 Å². The van der Waals surface area contributed by atoms with Crippen molar-refractivity contribution in [2.75, 3.05) is 6.61 Å². The van der Waals surface area contributed by atoms with Gasteiger partial charge in [0.2, 0.25) is 5.89 Å². The van der Waals surface area contributed by atoms with Crippen LogP contribution in [0.5, 0.6) is 0 Å². The van der Waals surface area contributed by atoms with Crippen LogP contribution < -0.4 is 0 Å². The number of hydrogen-bond donors (Lipinski definition) is 1. The van der Waals surface area contributed by atoms with Crippen LogP contribution in [0.25, 0.3) is 22.8 Å². The van der Waals surface area contributed by atoms with E-state index >= 15 is 0 Å². The van der Waals surface area contributed by atoms with Crippen LogP contribution in [0.4, 0.5) is 8.78 Å². The van der Waals surface area contributed by atoms with Crippen molar-refractivity contribution in [2.45, 2.75) is 50.9 Å². The average Bonchev–Trinajstić information content (AvgIpc) is 3.52. The first kappa shape index (κ1) is 22.8. The Bertz CT molecular complexity index is 1470. The first-order valence-electron chi connectivity index (χ1n) is 12.0. The second-order valence-electron chi connectivity index (χ2n) is 10.3. The third kappa shape index (κ3) is 3.01. The predicted molar refractivity (Wildman–Crippen MR) is 127 cm³/mol. The van der Waals surface area contributed by atoms with Crippen LogP contribution in [0.1, 0.15) is 68.1 Å². The molecule has 0 saturated heterocycles. The van der Waals surface area contributed by atoms with Crippen LogP contribution in [0.3, 0.4) is 0 Å². The number of fused-ring (bicyclic) bond motifs is 5. The van der Waals surface area contributed by atoms with Crippen molar-refractivity contribution in [1.29, 1.82) is 0 Å². The van der Waals surface area contributed by atoms with E-state index in [2.05, 4.69) is 34.0 Å². The summed E-state index contributed by atoms with van der Waals surface area (Å²) >= 11 is 0. The van der Waals surface area contributed by atoms with Crippen molar-refractivity contribution in [3.63, 3.8) is 0 Å². The molecule has 2 aliphatic rings. The molecule has 6 rings (SSSR count). The fourth-order valence-corrected chi connectivity index (χ4v) is 6.16. The number of nitrogens with zero attached hydrogens (tertiary/aromatic N) is 5. The van der Waals surface area contributed by atoms with Crippen molar-refractivity contribution < 1.29 is 18.3 Å². The third-order valence-electron chi connectivity index (χ3n) is 8.19. The van der Waals surface area contributed by atoms with E-state index in [1.165, 1.54) is 24.5 Å². The maximum atomic E-state index is 14.5. The van der Waals surface area contributed by atoms with Crippen LogP contribution in [0, 0.1) is 17.0 Å². The average molecular weight is 490 g/mol. The Hall–Kier alpha value is -3.59. The van der Waals surface area contributed by atoms with Crippen LogP contribution in [0.15, 0.2) is 47.3 Å². The van der Waals surface area contributed by atoms with Gasteiger partial charge in [-0.25, -0.2) is 18.7 Å². The molecule has 0 spiro atoms. The topological polar surface area (TPSA) is 97.8 Å². The number of aliphatic hydroxyl groups excluding tert-OH is 1. The van der Waals surface area contributed by atoms with Gasteiger partial charge < -0.3 is 9.52 Å². The van der Waals surface area contributed by atoms with E-state index in [1.54, 1.807) is 18.5 Å². The lowest BCUT2D eigenvalue weighted by Crippen LogP contribution is -2.38. The van der Waals surface area contributed by atoms with Crippen molar-refractivity contribution in [3.05, 3.63) is 77.2 Å². The van der Waals surface area contributed by atoms with Crippen molar-refractivity contribution in [1.82, 2.24) is 25.1 Å². The summed E-state index contributed by atoms with van der Waals surface area (Å²) in [5, 5.41) is 18.3. The van der Waals surface area contributed by atoms with Gasteiger partial charge in [0.05, 0.1) is 46.6 Å². The molecule has 0 unspecified atom stereocenters.